The topological polar surface area (TPSA) is 84.7 Å². The second kappa shape index (κ2) is 8.53. The number of hydrogen-bond donors (Lipinski definition) is 2. The molecule has 0 spiro atoms. The van der Waals surface area contributed by atoms with Gasteiger partial charge in [0.25, 0.3) is 5.91 Å². The Hall–Kier alpha value is -4.78. The van der Waals surface area contributed by atoms with Gasteiger partial charge in [-0.2, -0.15) is 4.98 Å². The maximum absolute atomic E-state index is 13.5. The van der Waals surface area contributed by atoms with Crippen LogP contribution in [0.15, 0.2) is 109 Å². The van der Waals surface area contributed by atoms with E-state index in [1.165, 1.54) is 0 Å². The Balaban J connectivity index is 1.47. The molecule has 0 saturated carbocycles. The molecule has 35 heavy (non-hydrogen) atoms. The van der Waals surface area contributed by atoms with E-state index in [9.17, 15) is 4.79 Å². The van der Waals surface area contributed by atoms with E-state index in [0.29, 0.717) is 17.3 Å². The number of pyridine rings is 1. The van der Waals surface area contributed by atoms with Crippen LogP contribution in [0.4, 0.5) is 11.6 Å². The Kier molecular flexibility index (Phi) is 5.07. The fourth-order valence-electron chi connectivity index (χ4n) is 4.55. The van der Waals surface area contributed by atoms with Crippen molar-refractivity contribution in [3.05, 3.63) is 114 Å². The summed E-state index contributed by atoms with van der Waals surface area (Å²) in [5.41, 5.74) is 3.86. The number of anilines is 2. The molecule has 1 atom stereocenters. The van der Waals surface area contributed by atoms with Crippen LogP contribution in [0.1, 0.15) is 18.5 Å². The maximum atomic E-state index is 13.5. The van der Waals surface area contributed by atoms with Crippen LogP contribution in [-0.4, -0.2) is 25.7 Å². The predicted octanol–water partition coefficient (Wildman–Crippen LogP) is 5.42. The summed E-state index contributed by atoms with van der Waals surface area (Å²) in [6.45, 7) is 1.89. The summed E-state index contributed by atoms with van der Waals surface area (Å²) in [5, 5.41) is 13.4. The van der Waals surface area contributed by atoms with Gasteiger partial charge < -0.3 is 10.6 Å². The number of allylic oxidation sites excluding steroid dienone is 1. The molecule has 3 aromatic carbocycles. The van der Waals surface area contributed by atoms with Gasteiger partial charge in [-0.05, 0) is 47.5 Å². The van der Waals surface area contributed by atoms with Gasteiger partial charge >= 0.3 is 0 Å². The molecular formula is C28H22N6O. The normalized spacial score (nSPS) is 14.9. The largest absolute Gasteiger partial charge is 0.328 e. The number of amides is 1. The second-order valence-corrected chi connectivity index (χ2v) is 8.40. The molecule has 0 saturated heterocycles. The molecule has 7 nitrogen and oxygen atoms in total. The first-order valence-corrected chi connectivity index (χ1v) is 11.4. The van der Waals surface area contributed by atoms with Crippen molar-refractivity contribution < 1.29 is 4.79 Å². The summed E-state index contributed by atoms with van der Waals surface area (Å²) in [5.74, 6) is 0.986. The minimum atomic E-state index is -0.464. The van der Waals surface area contributed by atoms with E-state index in [-0.39, 0.29) is 5.91 Å². The third-order valence-electron chi connectivity index (χ3n) is 6.18. The Morgan fingerprint density at radius 2 is 1.66 bits per heavy atom. The van der Waals surface area contributed by atoms with Crippen LogP contribution in [0.25, 0.3) is 22.2 Å². The number of nitrogens with zero attached hydrogens (tertiary/aromatic N) is 4. The van der Waals surface area contributed by atoms with Gasteiger partial charge in [0.05, 0.1) is 5.57 Å². The van der Waals surface area contributed by atoms with Crippen molar-refractivity contribution in [1.29, 1.82) is 0 Å². The minimum absolute atomic E-state index is 0.198. The molecule has 1 aliphatic heterocycles. The van der Waals surface area contributed by atoms with Crippen molar-refractivity contribution in [1.82, 2.24) is 19.7 Å². The van der Waals surface area contributed by atoms with Gasteiger partial charge in [-0.25, -0.2) is 4.68 Å². The molecule has 2 N–H and O–H groups in total. The first-order chi connectivity index (χ1) is 17.2. The highest BCUT2D eigenvalue weighted by atomic mass is 16.1. The van der Waals surface area contributed by atoms with Gasteiger partial charge in [0.2, 0.25) is 5.95 Å². The lowest BCUT2D eigenvalue weighted by atomic mass is 9.96. The lowest BCUT2D eigenvalue weighted by Crippen LogP contribution is -2.31. The average molecular weight is 459 g/mol. The number of aromatic nitrogens is 4. The SMILES string of the molecule is CC1=C(C(=O)Nc2ccccc2)C(c2ccncc2)n2nc(-c3cccc4ccccc34)nc2N1. The minimum Gasteiger partial charge on any atom is -0.328 e. The van der Waals surface area contributed by atoms with Crippen molar-refractivity contribution in [3.63, 3.8) is 0 Å². The number of benzene rings is 3. The van der Waals surface area contributed by atoms with Gasteiger partial charge in [-0.15, -0.1) is 5.10 Å². The molecule has 1 aliphatic rings. The van der Waals surface area contributed by atoms with Crippen molar-refractivity contribution in [2.45, 2.75) is 13.0 Å². The summed E-state index contributed by atoms with van der Waals surface area (Å²) >= 11 is 0. The quantitative estimate of drug-likeness (QED) is 0.376. The number of carbonyl (C=O) groups excluding carboxylic acids is 1. The van der Waals surface area contributed by atoms with Crippen LogP contribution < -0.4 is 10.6 Å². The zero-order chi connectivity index (χ0) is 23.8. The molecule has 0 fully saturated rings. The van der Waals surface area contributed by atoms with Crippen LogP contribution >= 0.6 is 0 Å². The van der Waals surface area contributed by atoms with E-state index in [1.807, 2.05) is 73.7 Å². The van der Waals surface area contributed by atoms with Crippen molar-refractivity contribution in [3.8, 4) is 11.4 Å². The zero-order valence-corrected chi connectivity index (χ0v) is 19.0. The third-order valence-corrected chi connectivity index (χ3v) is 6.18. The lowest BCUT2D eigenvalue weighted by molar-refractivity contribution is -0.113. The van der Waals surface area contributed by atoms with E-state index < -0.39 is 6.04 Å². The summed E-state index contributed by atoms with van der Waals surface area (Å²) in [7, 11) is 0. The second-order valence-electron chi connectivity index (χ2n) is 8.40. The van der Waals surface area contributed by atoms with Crippen LogP contribution in [0, 0.1) is 0 Å². The van der Waals surface area contributed by atoms with Crippen LogP contribution in [0.5, 0.6) is 0 Å². The number of fused-ring (bicyclic) bond motifs is 2. The number of para-hydroxylation sites is 1. The molecule has 1 amide bonds. The Bertz CT molecular complexity index is 1570. The molecule has 2 aromatic heterocycles. The van der Waals surface area contributed by atoms with Crippen LogP contribution in [0.2, 0.25) is 0 Å². The molecule has 5 aromatic rings. The van der Waals surface area contributed by atoms with E-state index >= 15 is 0 Å². The molecule has 0 aliphatic carbocycles. The highest BCUT2D eigenvalue weighted by Crippen LogP contribution is 2.37. The molecule has 0 radical (unpaired) electrons. The molecule has 6 rings (SSSR count). The monoisotopic (exact) mass is 458 g/mol. The Morgan fingerprint density at radius 1 is 0.914 bits per heavy atom. The number of rotatable bonds is 4. The van der Waals surface area contributed by atoms with Gasteiger partial charge in [-0.3, -0.25) is 9.78 Å². The van der Waals surface area contributed by atoms with Gasteiger partial charge in [0, 0.05) is 29.3 Å². The highest BCUT2D eigenvalue weighted by Gasteiger charge is 2.34. The molecular weight excluding hydrogens is 436 g/mol. The summed E-state index contributed by atoms with van der Waals surface area (Å²) in [6, 6.07) is 27.1. The number of hydrogen-bond acceptors (Lipinski definition) is 5. The highest BCUT2D eigenvalue weighted by molar-refractivity contribution is 6.06. The molecule has 1 unspecified atom stereocenters. The third kappa shape index (κ3) is 3.73. The predicted molar refractivity (Wildman–Crippen MR) is 137 cm³/mol. The molecule has 0 bridgehead atoms. The number of carbonyl (C=O) groups is 1. The summed E-state index contributed by atoms with van der Waals surface area (Å²) in [4.78, 5) is 22.5. The van der Waals surface area contributed by atoms with E-state index in [2.05, 4.69) is 33.8 Å². The van der Waals surface area contributed by atoms with Gasteiger partial charge in [0.15, 0.2) is 5.82 Å². The Labute approximate surface area is 202 Å². The van der Waals surface area contributed by atoms with E-state index in [0.717, 1.165) is 33.3 Å². The fourth-order valence-corrected chi connectivity index (χ4v) is 4.55. The maximum Gasteiger partial charge on any atom is 0.255 e. The molecule has 7 heteroatoms. The molecule has 170 valence electrons. The van der Waals surface area contributed by atoms with Crippen LogP contribution in [0.3, 0.4) is 0 Å². The van der Waals surface area contributed by atoms with Crippen LogP contribution in [-0.2, 0) is 4.79 Å². The molecule has 3 heterocycles. The first-order valence-electron chi connectivity index (χ1n) is 11.4. The summed E-state index contributed by atoms with van der Waals surface area (Å²) in [6.07, 6.45) is 3.45. The van der Waals surface area contributed by atoms with E-state index in [4.69, 9.17) is 10.1 Å². The van der Waals surface area contributed by atoms with Crippen molar-refractivity contribution >= 4 is 28.3 Å². The zero-order valence-electron chi connectivity index (χ0n) is 19.0. The van der Waals surface area contributed by atoms with Crippen molar-refractivity contribution in [2.24, 2.45) is 0 Å². The number of nitrogens with one attached hydrogen (secondary N) is 2. The van der Waals surface area contributed by atoms with Gasteiger partial charge in [0.1, 0.15) is 6.04 Å². The summed E-state index contributed by atoms with van der Waals surface area (Å²) < 4.78 is 1.79. The van der Waals surface area contributed by atoms with Crippen molar-refractivity contribution in [2.75, 3.05) is 10.6 Å². The average Bonchev–Trinajstić information content (AvgIpc) is 3.32. The van der Waals surface area contributed by atoms with E-state index in [1.54, 1.807) is 17.1 Å². The Morgan fingerprint density at radius 3 is 2.49 bits per heavy atom. The standard InChI is InChI=1S/C28H22N6O/c1-18-24(27(35)31-21-10-3-2-4-11-21)25(20-14-16-29-17-15-20)34-28(30-18)32-26(33-34)23-13-7-9-19-8-5-6-12-22(19)23/h2-17,25H,1H3,(H,31,35)(H,30,32,33). The fraction of sp³-hybridized carbons (Fsp3) is 0.0714. The smallest absolute Gasteiger partial charge is 0.255 e. The first kappa shape index (κ1) is 20.8. The lowest BCUT2D eigenvalue weighted by Gasteiger charge is -2.28. The van der Waals surface area contributed by atoms with Gasteiger partial charge in [-0.1, -0.05) is 60.7 Å².